The third-order valence-electron chi connectivity index (χ3n) is 2.46. The lowest BCUT2D eigenvalue weighted by atomic mass is 9.97. The molecule has 1 aliphatic rings. The Labute approximate surface area is 98.8 Å². The van der Waals surface area contributed by atoms with Gasteiger partial charge >= 0.3 is 12.1 Å². The molecule has 2 unspecified atom stereocenters. The number of hydrogen-bond donors (Lipinski definition) is 5. The summed E-state index contributed by atoms with van der Waals surface area (Å²) in [5.74, 6) is -2.39. The summed E-state index contributed by atoms with van der Waals surface area (Å²) in [6.45, 7) is -0.755. The summed E-state index contributed by atoms with van der Waals surface area (Å²) < 4.78 is 40.5. The molecule has 0 spiro atoms. The monoisotopic (exact) mass is 275 g/mol. The van der Waals surface area contributed by atoms with Crippen LogP contribution >= 0.6 is 0 Å². The molecule has 0 aromatic rings. The van der Waals surface area contributed by atoms with E-state index in [1.54, 1.807) is 0 Å². The van der Waals surface area contributed by atoms with Crippen molar-refractivity contribution in [1.82, 2.24) is 5.32 Å². The van der Waals surface area contributed by atoms with Gasteiger partial charge in [0.2, 0.25) is 0 Å². The minimum Gasteiger partial charge on any atom is -0.394 e. The maximum absolute atomic E-state index is 12.0. The van der Waals surface area contributed by atoms with Crippen molar-refractivity contribution < 1.29 is 43.1 Å². The van der Waals surface area contributed by atoms with Gasteiger partial charge in [0.15, 0.2) is 6.29 Å². The van der Waals surface area contributed by atoms with Gasteiger partial charge in [0.05, 0.1) is 6.61 Å². The lowest BCUT2D eigenvalue weighted by Crippen LogP contribution is -2.65. The minimum atomic E-state index is -5.20. The highest BCUT2D eigenvalue weighted by atomic mass is 19.4. The van der Waals surface area contributed by atoms with E-state index >= 15 is 0 Å². The van der Waals surface area contributed by atoms with E-state index in [0.717, 1.165) is 0 Å². The Bertz CT molecular complexity index is 312. The van der Waals surface area contributed by atoms with Crippen LogP contribution in [0.2, 0.25) is 0 Å². The molecule has 1 aliphatic heterocycles. The van der Waals surface area contributed by atoms with Crippen molar-refractivity contribution in [1.29, 1.82) is 0 Å². The molecule has 1 fully saturated rings. The van der Waals surface area contributed by atoms with Crippen molar-refractivity contribution in [3.8, 4) is 0 Å². The van der Waals surface area contributed by atoms with Gasteiger partial charge < -0.3 is 30.5 Å². The normalized spacial score (nSPS) is 37.4. The van der Waals surface area contributed by atoms with Gasteiger partial charge in [-0.1, -0.05) is 0 Å². The molecule has 0 bridgehead atoms. The number of hydrogen-bond acceptors (Lipinski definition) is 6. The molecule has 1 amide bonds. The largest absolute Gasteiger partial charge is 0.471 e. The second-order valence-electron chi connectivity index (χ2n) is 3.73. The summed E-state index contributed by atoms with van der Waals surface area (Å²) in [5, 5.41) is 38.1. The van der Waals surface area contributed by atoms with E-state index in [0.29, 0.717) is 0 Å². The van der Waals surface area contributed by atoms with Gasteiger partial charge in [0.25, 0.3) is 0 Å². The Balaban J connectivity index is 2.74. The second-order valence-corrected chi connectivity index (χ2v) is 3.73. The molecule has 5 N–H and O–H groups in total. The molecule has 1 rings (SSSR count). The average Bonchev–Trinajstić information content (AvgIpc) is 2.27. The van der Waals surface area contributed by atoms with Crippen LogP contribution in [0, 0.1) is 0 Å². The number of aliphatic hydroxyl groups is 4. The van der Waals surface area contributed by atoms with Gasteiger partial charge in [-0.15, -0.1) is 0 Å². The lowest BCUT2D eigenvalue weighted by Gasteiger charge is -2.40. The topological polar surface area (TPSA) is 119 Å². The van der Waals surface area contributed by atoms with Crippen LogP contribution in [0.5, 0.6) is 0 Å². The van der Waals surface area contributed by atoms with Crippen molar-refractivity contribution >= 4 is 5.91 Å². The average molecular weight is 275 g/mol. The van der Waals surface area contributed by atoms with Gasteiger partial charge in [-0.05, 0) is 0 Å². The fourth-order valence-corrected chi connectivity index (χ4v) is 1.49. The van der Waals surface area contributed by atoms with Gasteiger partial charge in [-0.2, -0.15) is 13.2 Å². The molecule has 0 aromatic heterocycles. The van der Waals surface area contributed by atoms with E-state index in [1.807, 2.05) is 0 Å². The van der Waals surface area contributed by atoms with E-state index < -0.39 is 49.3 Å². The summed E-state index contributed by atoms with van der Waals surface area (Å²) in [7, 11) is 0. The van der Waals surface area contributed by atoms with Crippen molar-refractivity contribution in [2.45, 2.75) is 36.8 Å². The van der Waals surface area contributed by atoms with Crippen LogP contribution in [-0.2, 0) is 9.53 Å². The first-order valence-corrected chi connectivity index (χ1v) is 4.86. The van der Waals surface area contributed by atoms with Gasteiger partial charge in [0, 0.05) is 0 Å². The van der Waals surface area contributed by atoms with Gasteiger partial charge in [-0.3, -0.25) is 4.79 Å². The Morgan fingerprint density at radius 3 is 2.22 bits per heavy atom. The predicted molar refractivity (Wildman–Crippen MR) is 48.0 cm³/mol. The Kier molecular flexibility index (Phi) is 4.50. The number of halogens is 3. The summed E-state index contributed by atoms with van der Waals surface area (Å²) in [6.07, 6.45) is -12.2. The Morgan fingerprint density at radius 2 is 1.78 bits per heavy atom. The molecule has 0 radical (unpaired) electrons. The first kappa shape index (κ1) is 15.1. The maximum atomic E-state index is 12.0. The van der Waals surface area contributed by atoms with E-state index in [9.17, 15) is 33.3 Å². The molecule has 0 saturated carbocycles. The number of ether oxygens (including phenoxy) is 1. The highest BCUT2D eigenvalue weighted by Gasteiger charge is 2.48. The van der Waals surface area contributed by atoms with Crippen molar-refractivity contribution in [2.24, 2.45) is 0 Å². The van der Waals surface area contributed by atoms with E-state index in [2.05, 4.69) is 4.74 Å². The zero-order valence-electron chi connectivity index (χ0n) is 8.83. The van der Waals surface area contributed by atoms with E-state index in [1.165, 1.54) is 5.32 Å². The van der Waals surface area contributed by atoms with Crippen molar-refractivity contribution in [2.75, 3.05) is 6.61 Å². The van der Waals surface area contributed by atoms with Crippen LogP contribution in [0.3, 0.4) is 0 Å². The van der Waals surface area contributed by atoms with E-state index in [4.69, 9.17) is 5.11 Å². The molecule has 0 aromatic carbocycles. The quantitative estimate of drug-likeness (QED) is 0.379. The molecule has 1 heterocycles. The van der Waals surface area contributed by atoms with Crippen LogP contribution in [0.4, 0.5) is 13.2 Å². The number of amides is 1. The minimum absolute atomic E-state index is 0.755. The van der Waals surface area contributed by atoms with Crippen molar-refractivity contribution in [3.63, 3.8) is 0 Å². The highest BCUT2D eigenvalue weighted by Crippen LogP contribution is 2.21. The smallest absolute Gasteiger partial charge is 0.394 e. The summed E-state index contributed by atoms with van der Waals surface area (Å²) >= 11 is 0. The molecule has 106 valence electrons. The SMILES string of the molecule is O=C(NC1[C@H](O)OC(CO)[C@@H](O)[C@@H]1O)C(F)(F)F. The molecule has 5 atom stereocenters. The molecular formula is C8H12F3NO6. The fourth-order valence-electron chi connectivity index (χ4n) is 1.49. The molecule has 7 nitrogen and oxygen atoms in total. The Hall–Kier alpha value is -0.940. The van der Waals surface area contributed by atoms with Crippen LogP contribution < -0.4 is 5.32 Å². The van der Waals surface area contributed by atoms with Crippen LogP contribution in [0.25, 0.3) is 0 Å². The standard InChI is InChI=1S/C8H12F3NO6/c9-8(10,11)7(17)12-3-5(15)4(14)2(1-13)18-6(3)16/h2-6,13-16H,1H2,(H,12,17)/t2?,3?,4-,5-,6-/m1/s1. The summed E-state index contributed by atoms with van der Waals surface area (Å²) in [6, 6.07) is -1.85. The third-order valence-corrected chi connectivity index (χ3v) is 2.46. The lowest BCUT2D eigenvalue weighted by molar-refractivity contribution is -0.256. The van der Waals surface area contributed by atoms with Gasteiger partial charge in [0.1, 0.15) is 24.4 Å². The molecule has 1 saturated heterocycles. The highest BCUT2D eigenvalue weighted by molar-refractivity contribution is 5.82. The predicted octanol–water partition coefficient (Wildman–Crippen LogP) is -2.54. The van der Waals surface area contributed by atoms with Crippen LogP contribution in [0.1, 0.15) is 0 Å². The maximum Gasteiger partial charge on any atom is 0.471 e. The number of rotatable bonds is 2. The van der Waals surface area contributed by atoms with E-state index in [-0.39, 0.29) is 0 Å². The molecule has 18 heavy (non-hydrogen) atoms. The number of carbonyl (C=O) groups excluding carboxylic acids is 1. The number of nitrogens with one attached hydrogen (secondary N) is 1. The molecular weight excluding hydrogens is 263 g/mol. The van der Waals surface area contributed by atoms with Crippen LogP contribution in [0.15, 0.2) is 0 Å². The summed E-state index contributed by atoms with van der Waals surface area (Å²) in [4.78, 5) is 10.6. The first-order valence-electron chi connectivity index (χ1n) is 4.86. The zero-order valence-corrected chi connectivity index (χ0v) is 8.83. The summed E-state index contributed by atoms with van der Waals surface area (Å²) in [5.41, 5.74) is 0. The molecule has 10 heteroatoms. The van der Waals surface area contributed by atoms with Gasteiger partial charge in [-0.25, -0.2) is 0 Å². The van der Waals surface area contributed by atoms with Crippen molar-refractivity contribution in [3.05, 3.63) is 0 Å². The first-order chi connectivity index (χ1) is 8.18. The molecule has 0 aliphatic carbocycles. The number of carbonyl (C=O) groups is 1. The van der Waals surface area contributed by atoms with Crippen LogP contribution in [-0.4, -0.2) is 69.8 Å². The second kappa shape index (κ2) is 5.36. The zero-order chi connectivity index (χ0) is 14.1. The fraction of sp³-hybridized carbons (Fsp3) is 0.875. The Morgan fingerprint density at radius 1 is 1.22 bits per heavy atom. The number of aliphatic hydroxyl groups excluding tert-OH is 4. The number of alkyl halides is 3. The third kappa shape index (κ3) is 3.09.